The monoisotopic (exact) mass is 419 g/mol. The Kier molecular flexibility index (Phi) is 6.81. The van der Waals surface area contributed by atoms with E-state index in [4.69, 9.17) is 0 Å². The second-order valence-electron chi connectivity index (χ2n) is 7.34. The molecule has 1 heterocycles. The van der Waals surface area contributed by atoms with E-state index in [-0.39, 0.29) is 24.3 Å². The first-order valence-electron chi connectivity index (χ1n) is 9.88. The maximum Gasteiger partial charge on any atom is 0.251 e. The molecule has 0 aliphatic heterocycles. The van der Waals surface area contributed by atoms with Crippen LogP contribution < -0.4 is 16.0 Å². The third-order valence-electron chi connectivity index (χ3n) is 4.61. The number of benzene rings is 2. The van der Waals surface area contributed by atoms with Gasteiger partial charge in [-0.15, -0.1) is 0 Å². The van der Waals surface area contributed by atoms with Crippen LogP contribution in [0.3, 0.4) is 0 Å². The van der Waals surface area contributed by atoms with Gasteiger partial charge >= 0.3 is 0 Å². The minimum Gasteiger partial charge on any atom is -0.343 e. The fourth-order valence-electron chi connectivity index (χ4n) is 3.12. The van der Waals surface area contributed by atoms with E-state index in [1.807, 2.05) is 19.9 Å². The molecule has 8 heteroatoms. The molecule has 0 fully saturated rings. The molecular formula is C23H25N5O3. The van der Waals surface area contributed by atoms with Crippen molar-refractivity contribution in [3.8, 4) is 0 Å². The summed E-state index contributed by atoms with van der Waals surface area (Å²) in [6.07, 6.45) is 3.33. The summed E-state index contributed by atoms with van der Waals surface area (Å²) < 4.78 is 1.55. The number of anilines is 2. The van der Waals surface area contributed by atoms with Crippen molar-refractivity contribution in [2.24, 2.45) is 0 Å². The first-order valence-corrected chi connectivity index (χ1v) is 9.88. The van der Waals surface area contributed by atoms with Gasteiger partial charge in [0.05, 0.1) is 6.54 Å². The molecule has 2 aromatic carbocycles. The zero-order valence-electron chi connectivity index (χ0n) is 17.7. The SMILES string of the molecule is Cc1cc(C)cc(C(=O)NCC(=O)Nc2cccc(NC(=O)C(C)n3cccn3)c2)c1. The number of amides is 3. The van der Waals surface area contributed by atoms with Crippen molar-refractivity contribution in [3.05, 3.63) is 77.6 Å². The minimum absolute atomic E-state index is 0.168. The molecule has 0 saturated carbocycles. The highest BCUT2D eigenvalue weighted by atomic mass is 16.2. The van der Waals surface area contributed by atoms with E-state index in [0.717, 1.165) is 11.1 Å². The largest absolute Gasteiger partial charge is 0.343 e. The van der Waals surface area contributed by atoms with Crippen LogP contribution in [0.4, 0.5) is 11.4 Å². The van der Waals surface area contributed by atoms with E-state index < -0.39 is 6.04 Å². The lowest BCUT2D eigenvalue weighted by molar-refractivity contribution is -0.119. The van der Waals surface area contributed by atoms with Crippen LogP contribution in [-0.2, 0) is 9.59 Å². The molecule has 3 rings (SSSR count). The molecule has 1 atom stereocenters. The summed E-state index contributed by atoms with van der Waals surface area (Å²) >= 11 is 0. The molecule has 1 unspecified atom stereocenters. The summed E-state index contributed by atoms with van der Waals surface area (Å²) in [5.74, 6) is -0.908. The Balaban J connectivity index is 1.54. The lowest BCUT2D eigenvalue weighted by Gasteiger charge is -2.13. The van der Waals surface area contributed by atoms with Crippen molar-refractivity contribution in [2.75, 3.05) is 17.2 Å². The zero-order chi connectivity index (χ0) is 22.4. The van der Waals surface area contributed by atoms with E-state index in [1.165, 1.54) is 0 Å². The lowest BCUT2D eigenvalue weighted by atomic mass is 10.1. The normalized spacial score (nSPS) is 11.5. The standard InChI is InChI=1S/C23H25N5O3/c1-15-10-16(2)12-18(11-15)23(31)24-14-21(29)26-19-6-4-7-20(13-19)27-22(30)17(3)28-9-5-8-25-28/h4-13,17H,14H2,1-3H3,(H,24,31)(H,26,29)(H,27,30). The fourth-order valence-corrected chi connectivity index (χ4v) is 3.12. The fraction of sp³-hybridized carbons (Fsp3) is 0.217. The molecule has 0 aliphatic rings. The van der Waals surface area contributed by atoms with Crippen molar-refractivity contribution in [1.82, 2.24) is 15.1 Å². The molecule has 3 N–H and O–H groups in total. The second-order valence-corrected chi connectivity index (χ2v) is 7.34. The van der Waals surface area contributed by atoms with Crippen LogP contribution in [0.1, 0.15) is 34.5 Å². The van der Waals surface area contributed by atoms with Crippen molar-refractivity contribution in [3.63, 3.8) is 0 Å². The Hall–Kier alpha value is -3.94. The van der Waals surface area contributed by atoms with Gasteiger partial charge in [0.2, 0.25) is 11.8 Å². The van der Waals surface area contributed by atoms with E-state index >= 15 is 0 Å². The van der Waals surface area contributed by atoms with Crippen molar-refractivity contribution in [1.29, 1.82) is 0 Å². The maximum atomic E-state index is 12.4. The summed E-state index contributed by atoms with van der Waals surface area (Å²) in [6.45, 7) is 5.40. The van der Waals surface area contributed by atoms with Gasteiger partial charge in [0.25, 0.3) is 5.91 Å². The molecule has 3 amide bonds. The van der Waals surface area contributed by atoms with Crippen LogP contribution >= 0.6 is 0 Å². The van der Waals surface area contributed by atoms with E-state index in [2.05, 4.69) is 21.0 Å². The first-order chi connectivity index (χ1) is 14.8. The van der Waals surface area contributed by atoms with Gasteiger partial charge < -0.3 is 16.0 Å². The Morgan fingerprint density at radius 2 is 1.65 bits per heavy atom. The quantitative estimate of drug-likeness (QED) is 0.547. The van der Waals surface area contributed by atoms with Gasteiger partial charge in [-0.25, -0.2) is 0 Å². The first kappa shape index (κ1) is 21.8. The molecule has 1 aromatic heterocycles. The van der Waals surface area contributed by atoms with Crippen molar-refractivity contribution in [2.45, 2.75) is 26.8 Å². The molecule has 0 saturated heterocycles. The van der Waals surface area contributed by atoms with Crippen LogP contribution in [0.5, 0.6) is 0 Å². The number of nitrogens with one attached hydrogen (secondary N) is 3. The molecule has 160 valence electrons. The summed E-state index contributed by atoms with van der Waals surface area (Å²) in [5, 5.41) is 12.2. The number of aryl methyl sites for hydroxylation is 2. The second kappa shape index (κ2) is 9.71. The average Bonchev–Trinajstić information content (AvgIpc) is 3.25. The number of carbonyl (C=O) groups excluding carboxylic acids is 3. The summed E-state index contributed by atoms with van der Waals surface area (Å²) in [6, 6.07) is 13.6. The molecule has 3 aromatic rings. The molecule has 0 spiro atoms. The highest BCUT2D eigenvalue weighted by molar-refractivity contribution is 6.00. The van der Waals surface area contributed by atoms with Crippen LogP contribution in [0.25, 0.3) is 0 Å². The van der Waals surface area contributed by atoms with Gasteiger partial charge in [-0.1, -0.05) is 23.3 Å². The van der Waals surface area contributed by atoms with Crippen LogP contribution in [0.2, 0.25) is 0 Å². The molecule has 8 nitrogen and oxygen atoms in total. The summed E-state index contributed by atoms with van der Waals surface area (Å²) in [5.41, 5.74) is 3.53. The smallest absolute Gasteiger partial charge is 0.251 e. The lowest BCUT2D eigenvalue weighted by Crippen LogP contribution is -2.33. The number of hydrogen-bond acceptors (Lipinski definition) is 4. The molecule has 31 heavy (non-hydrogen) atoms. The number of rotatable bonds is 7. The Labute approximate surface area is 180 Å². The van der Waals surface area contributed by atoms with Gasteiger partial charge in [0.1, 0.15) is 6.04 Å². The Morgan fingerprint density at radius 1 is 0.968 bits per heavy atom. The summed E-state index contributed by atoms with van der Waals surface area (Å²) in [7, 11) is 0. The predicted molar refractivity (Wildman–Crippen MR) is 119 cm³/mol. The van der Waals surface area contributed by atoms with Gasteiger partial charge in [-0.2, -0.15) is 5.10 Å². The predicted octanol–water partition coefficient (Wildman–Crippen LogP) is 3.07. The van der Waals surface area contributed by atoms with E-state index in [1.54, 1.807) is 66.5 Å². The number of hydrogen-bond donors (Lipinski definition) is 3. The number of aromatic nitrogens is 2. The molecule has 0 aliphatic carbocycles. The highest BCUT2D eigenvalue weighted by Crippen LogP contribution is 2.17. The van der Waals surface area contributed by atoms with E-state index in [9.17, 15) is 14.4 Å². The third-order valence-corrected chi connectivity index (χ3v) is 4.61. The van der Waals surface area contributed by atoms with Crippen molar-refractivity contribution < 1.29 is 14.4 Å². The van der Waals surface area contributed by atoms with Crippen molar-refractivity contribution >= 4 is 29.1 Å². The minimum atomic E-state index is -0.478. The highest BCUT2D eigenvalue weighted by Gasteiger charge is 2.15. The topological polar surface area (TPSA) is 105 Å². The van der Waals surface area contributed by atoms with Gasteiger partial charge in [0, 0.05) is 29.3 Å². The molecular weight excluding hydrogens is 394 g/mol. The van der Waals surface area contributed by atoms with Crippen LogP contribution in [0.15, 0.2) is 60.9 Å². The maximum absolute atomic E-state index is 12.4. The number of carbonyl (C=O) groups is 3. The number of nitrogens with zero attached hydrogens (tertiary/aromatic N) is 2. The molecule has 0 bridgehead atoms. The Morgan fingerprint density at radius 3 is 2.29 bits per heavy atom. The molecule has 0 radical (unpaired) electrons. The summed E-state index contributed by atoms with van der Waals surface area (Å²) in [4.78, 5) is 36.9. The van der Waals surface area contributed by atoms with E-state index in [0.29, 0.717) is 16.9 Å². The van der Waals surface area contributed by atoms with Gasteiger partial charge in [0.15, 0.2) is 0 Å². The van der Waals surface area contributed by atoms with Gasteiger partial charge in [-0.3, -0.25) is 19.1 Å². The Bertz CT molecular complexity index is 1070. The van der Waals surface area contributed by atoms with Crippen LogP contribution in [0, 0.1) is 13.8 Å². The zero-order valence-corrected chi connectivity index (χ0v) is 17.7. The third kappa shape index (κ3) is 6.02. The van der Waals surface area contributed by atoms with Crippen LogP contribution in [-0.4, -0.2) is 34.0 Å². The van der Waals surface area contributed by atoms with Gasteiger partial charge in [-0.05, 0) is 57.2 Å². The average molecular weight is 419 g/mol.